The fraction of sp³-hybridized carbons (Fsp3) is 1.00. The van der Waals surface area contributed by atoms with Gasteiger partial charge in [-0.25, -0.2) is 37.9 Å². The second-order valence-electron chi connectivity index (χ2n) is 19.1. The van der Waals surface area contributed by atoms with Crippen molar-refractivity contribution in [2.75, 3.05) is 215 Å². The van der Waals surface area contributed by atoms with Gasteiger partial charge in [0.15, 0.2) is 6.79 Å². The van der Waals surface area contributed by atoms with Crippen molar-refractivity contribution in [1.29, 1.82) is 0 Å². The molecule has 442 valence electrons. The number of sulfonamides is 4. The Hall–Kier alpha value is -0.970. The van der Waals surface area contributed by atoms with E-state index in [-0.39, 0.29) is 89.0 Å². The molecule has 0 atom stereocenters. The van der Waals surface area contributed by atoms with Crippen LogP contribution in [-0.2, 0) is 92.3 Å². The maximum absolute atomic E-state index is 11.7. The van der Waals surface area contributed by atoms with Crippen molar-refractivity contribution in [2.24, 2.45) is 0 Å². The zero-order chi connectivity index (χ0) is 54.1. The summed E-state index contributed by atoms with van der Waals surface area (Å²) in [6.45, 7) is 17.0. The number of hydrogen-bond acceptors (Lipinski definition) is 24. The Labute approximate surface area is 446 Å². The maximum Gasteiger partial charge on any atom is 0.271 e. The molecule has 10 saturated heterocycles. The molecule has 0 amide bonds. The van der Waals surface area contributed by atoms with Gasteiger partial charge in [0, 0.05) is 46.5 Å². The largest absolute Gasteiger partial charge is 0.366 e. The SMILES string of the molecule is C1CCN(CN2CCCOC2)CC1.C1COCN(CN2CCCOC2)C1.CN1COCCS1(=O)=O.O=S1(=O)CCOCN1CN1CCCCC1.O=S1(=O)CCOCN1CN1COCCS1(=O)=O.O=S1(=O)CCOCO1. The van der Waals surface area contributed by atoms with Gasteiger partial charge in [-0.1, -0.05) is 12.8 Å². The molecule has 0 N–H and O–H groups in total. The Morgan fingerprint density at radius 1 is 0.307 bits per heavy atom. The van der Waals surface area contributed by atoms with Crippen LogP contribution in [-0.4, -0.2) is 299 Å². The van der Waals surface area contributed by atoms with E-state index in [0.717, 1.165) is 101 Å². The third-order valence-electron chi connectivity index (χ3n) is 12.8. The van der Waals surface area contributed by atoms with Crippen molar-refractivity contribution in [3.63, 3.8) is 0 Å². The normalized spacial score (nSPS) is 28.5. The van der Waals surface area contributed by atoms with Gasteiger partial charge in [0.1, 0.15) is 26.9 Å². The molecule has 10 aliphatic rings. The van der Waals surface area contributed by atoms with Gasteiger partial charge < -0.3 is 37.9 Å². The molecular formula is C42H85N9O19S5. The molecule has 0 aromatic rings. The Balaban J connectivity index is 0.000000169. The smallest absolute Gasteiger partial charge is 0.271 e. The van der Waals surface area contributed by atoms with E-state index in [1.807, 2.05) is 0 Å². The lowest BCUT2D eigenvalue weighted by Gasteiger charge is -2.34. The van der Waals surface area contributed by atoms with Gasteiger partial charge in [0.25, 0.3) is 10.1 Å². The summed E-state index contributed by atoms with van der Waals surface area (Å²) in [5, 5.41) is 0. The standard InChI is InChI=1S/C10H20N2O.C9H18N2O3S.C9H18N2O2.C7H14N2O6S2.C4H9NO3S.C3H6O4S/c1-2-5-11(6-3-1)9-12-7-4-8-13-10-12;12-15(13)7-6-14-9-11(15)8-10-4-2-1-3-5-10;1-3-10(8-12-5-1)7-11-4-2-6-13-9-11;10-16(11)3-1-14-6-8(16)5-9-7-15-2-4-17(9,12)13;1-5-4-8-2-3-9(5,6)7;4-8(5)2-1-6-3-7-8/h1-10H2;1-9H2;1-9H2;1-7H2;2-4H2,1H3;1-3H2. The molecule has 28 nitrogen and oxygen atoms in total. The minimum absolute atomic E-state index is 0.0208. The third-order valence-corrected chi connectivity index (χ3v) is 20.8. The summed E-state index contributed by atoms with van der Waals surface area (Å²) in [7, 11) is -14.6. The first-order valence-electron chi connectivity index (χ1n) is 25.8. The van der Waals surface area contributed by atoms with Crippen molar-refractivity contribution in [2.45, 2.75) is 57.8 Å². The molecule has 0 aliphatic carbocycles. The van der Waals surface area contributed by atoms with Crippen LogP contribution in [0.2, 0.25) is 0 Å². The molecule has 0 unspecified atom stereocenters. The summed E-state index contributed by atoms with van der Waals surface area (Å²) in [6, 6.07) is 0. The number of ether oxygens (including phenoxy) is 8. The van der Waals surface area contributed by atoms with E-state index in [2.05, 4.69) is 33.4 Å². The van der Waals surface area contributed by atoms with Crippen molar-refractivity contribution >= 4 is 50.2 Å². The highest BCUT2D eigenvalue weighted by atomic mass is 32.2. The molecule has 0 aromatic carbocycles. The first kappa shape index (κ1) is 64.8. The summed E-state index contributed by atoms with van der Waals surface area (Å²) < 4.78 is 162. The van der Waals surface area contributed by atoms with Gasteiger partial charge in [0.2, 0.25) is 40.1 Å². The lowest BCUT2D eigenvalue weighted by atomic mass is 10.1. The van der Waals surface area contributed by atoms with Gasteiger partial charge in [-0.05, 0) is 71.1 Å². The fourth-order valence-electron chi connectivity index (χ4n) is 8.43. The molecule has 10 rings (SSSR count). The quantitative estimate of drug-likeness (QED) is 0.242. The number of nitrogens with zero attached hydrogens (tertiary/aromatic N) is 9. The van der Waals surface area contributed by atoms with E-state index in [9.17, 15) is 42.1 Å². The van der Waals surface area contributed by atoms with Crippen LogP contribution in [0, 0.1) is 0 Å². The van der Waals surface area contributed by atoms with E-state index in [0.29, 0.717) is 19.9 Å². The van der Waals surface area contributed by atoms with Crippen LogP contribution in [0.3, 0.4) is 0 Å². The van der Waals surface area contributed by atoms with Gasteiger partial charge in [-0.15, -0.1) is 0 Å². The molecule has 0 spiro atoms. The van der Waals surface area contributed by atoms with Crippen LogP contribution in [0.25, 0.3) is 0 Å². The van der Waals surface area contributed by atoms with Crippen LogP contribution in [0.4, 0.5) is 0 Å². The van der Waals surface area contributed by atoms with Gasteiger partial charge >= 0.3 is 0 Å². The number of piperidine rings is 2. The van der Waals surface area contributed by atoms with E-state index >= 15 is 0 Å². The molecule has 33 heteroatoms. The molecule has 0 saturated carbocycles. The third kappa shape index (κ3) is 25.2. The van der Waals surface area contributed by atoms with Crippen molar-refractivity contribution in [1.82, 2.24) is 41.7 Å². The number of likely N-dealkylation sites (tertiary alicyclic amines) is 2. The van der Waals surface area contributed by atoms with Gasteiger partial charge in [0.05, 0.1) is 109 Å². The molecule has 10 aliphatic heterocycles. The molecule has 0 aromatic heterocycles. The lowest BCUT2D eigenvalue weighted by Crippen LogP contribution is -2.51. The Kier molecular flexibility index (Phi) is 29.1. The minimum atomic E-state index is -3.43. The Morgan fingerprint density at radius 2 is 0.640 bits per heavy atom. The second-order valence-corrected chi connectivity index (χ2v) is 29.3. The lowest BCUT2D eigenvalue weighted by molar-refractivity contribution is -0.0809. The summed E-state index contributed by atoms with van der Waals surface area (Å²) >= 11 is 0. The molecule has 10 fully saturated rings. The second kappa shape index (κ2) is 33.7. The van der Waals surface area contributed by atoms with E-state index in [1.54, 1.807) is 0 Å². The topological polar surface area (TPSA) is 283 Å². The summed E-state index contributed by atoms with van der Waals surface area (Å²) in [4.78, 5) is 11.8. The van der Waals surface area contributed by atoms with E-state index < -0.39 is 50.2 Å². The molecule has 0 radical (unpaired) electrons. The molecular weight excluding hydrogens is 1090 g/mol. The van der Waals surface area contributed by atoms with Crippen molar-refractivity contribution in [3.8, 4) is 0 Å². The zero-order valence-electron chi connectivity index (χ0n) is 43.8. The van der Waals surface area contributed by atoms with Gasteiger partial charge in [-0.2, -0.15) is 25.6 Å². The van der Waals surface area contributed by atoms with Crippen LogP contribution in [0.15, 0.2) is 0 Å². The monoisotopic (exact) mass is 1180 g/mol. The van der Waals surface area contributed by atoms with Crippen LogP contribution < -0.4 is 0 Å². The zero-order valence-corrected chi connectivity index (χ0v) is 47.9. The molecule has 0 bridgehead atoms. The van der Waals surface area contributed by atoms with E-state index in [1.165, 1.54) is 80.2 Å². The fourth-order valence-corrected chi connectivity index (χ4v) is 13.5. The molecule has 75 heavy (non-hydrogen) atoms. The number of hydrogen-bond donors (Lipinski definition) is 0. The van der Waals surface area contributed by atoms with Crippen LogP contribution in [0.5, 0.6) is 0 Å². The maximum atomic E-state index is 11.7. The average Bonchev–Trinajstić information content (AvgIpc) is 3.39. The summed E-state index contributed by atoms with van der Waals surface area (Å²) in [5.74, 6) is -0.0270. The highest BCUT2D eigenvalue weighted by Crippen LogP contribution is 2.16. The first-order valence-corrected chi connectivity index (χ1v) is 33.8. The van der Waals surface area contributed by atoms with Crippen LogP contribution >= 0.6 is 0 Å². The predicted octanol–water partition coefficient (Wildman–Crippen LogP) is -1.80. The summed E-state index contributed by atoms with van der Waals surface area (Å²) in [6.07, 6.45) is 11.3. The molecule has 10 heterocycles. The highest BCUT2D eigenvalue weighted by molar-refractivity contribution is 7.90. The highest BCUT2D eigenvalue weighted by Gasteiger charge is 2.34. The Morgan fingerprint density at radius 3 is 0.947 bits per heavy atom. The van der Waals surface area contributed by atoms with Crippen LogP contribution in [0.1, 0.15) is 57.8 Å². The summed E-state index contributed by atoms with van der Waals surface area (Å²) in [5.41, 5.74) is 0. The van der Waals surface area contributed by atoms with Crippen molar-refractivity contribution < 1.29 is 84.2 Å². The Bertz CT molecular complexity index is 2040. The number of rotatable bonds is 8. The minimum Gasteiger partial charge on any atom is -0.366 e. The van der Waals surface area contributed by atoms with Gasteiger partial charge in [-0.3, -0.25) is 24.5 Å². The average molecular weight is 1180 g/mol. The predicted molar refractivity (Wildman–Crippen MR) is 274 cm³/mol. The van der Waals surface area contributed by atoms with E-state index in [4.69, 9.17) is 33.2 Å². The first-order chi connectivity index (χ1) is 35.8. The van der Waals surface area contributed by atoms with Crippen molar-refractivity contribution in [3.05, 3.63) is 0 Å².